The highest BCUT2D eigenvalue weighted by atomic mass is 127. The van der Waals surface area contributed by atoms with Crippen molar-refractivity contribution in [3.8, 4) is 17.2 Å². The van der Waals surface area contributed by atoms with Crippen LogP contribution in [0.2, 0.25) is 0 Å². The highest BCUT2D eigenvalue weighted by molar-refractivity contribution is 14.1. The van der Waals surface area contributed by atoms with Gasteiger partial charge in [-0.1, -0.05) is 29.8 Å². The zero-order valence-corrected chi connectivity index (χ0v) is 22.0. The standard InChI is InChI=1S/C23H19Br2IO5/c1-12-4-3-5-14(6-12)22(29)15-10-20(30-2)18(26)11-19(15)31-23-16(24)7-13(8-17(23)25)9-21(27)28/h3-8,10-11,22,29H,9H2,1-2H3,(H,27,28). The molecule has 8 heteroatoms. The van der Waals surface area contributed by atoms with Crippen molar-refractivity contribution in [3.05, 3.63) is 83.3 Å². The molecule has 162 valence electrons. The molecule has 0 saturated carbocycles. The lowest BCUT2D eigenvalue weighted by molar-refractivity contribution is -0.136. The molecule has 3 aromatic rings. The molecule has 3 rings (SSSR count). The second-order valence-electron chi connectivity index (χ2n) is 6.90. The van der Waals surface area contributed by atoms with Crippen molar-refractivity contribution in [1.29, 1.82) is 0 Å². The van der Waals surface area contributed by atoms with Gasteiger partial charge in [-0.15, -0.1) is 0 Å². The Balaban J connectivity index is 2.07. The van der Waals surface area contributed by atoms with Crippen molar-refractivity contribution in [2.75, 3.05) is 7.11 Å². The summed E-state index contributed by atoms with van der Waals surface area (Å²) in [4.78, 5) is 11.0. The highest BCUT2D eigenvalue weighted by Gasteiger charge is 2.21. The van der Waals surface area contributed by atoms with Gasteiger partial charge in [-0.05, 0) is 96.8 Å². The largest absolute Gasteiger partial charge is 0.496 e. The maximum absolute atomic E-state index is 11.1. The van der Waals surface area contributed by atoms with Gasteiger partial charge in [0, 0.05) is 5.56 Å². The third-order valence-electron chi connectivity index (χ3n) is 4.56. The number of halogens is 3. The van der Waals surface area contributed by atoms with Gasteiger partial charge in [0.15, 0.2) is 5.75 Å². The third kappa shape index (κ3) is 5.79. The zero-order chi connectivity index (χ0) is 22.7. The molecular formula is C23H19Br2IO5. The number of aliphatic hydroxyl groups excluding tert-OH is 1. The summed E-state index contributed by atoms with van der Waals surface area (Å²) in [6.07, 6.45) is -1.03. The summed E-state index contributed by atoms with van der Waals surface area (Å²) in [5.74, 6) is 0.657. The van der Waals surface area contributed by atoms with Gasteiger partial charge < -0.3 is 19.7 Å². The van der Waals surface area contributed by atoms with Crippen molar-refractivity contribution >= 4 is 60.4 Å². The quantitative estimate of drug-likeness (QED) is 0.278. The van der Waals surface area contributed by atoms with Gasteiger partial charge in [-0.25, -0.2) is 0 Å². The number of hydrogen-bond acceptors (Lipinski definition) is 4. The van der Waals surface area contributed by atoms with E-state index in [-0.39, 0.29) is 6.42 Å². The van der Waals surface area contributed by atoms with Gasteiger partial charge in [0.1, 0.15) is 17.6 Å². The van der Waals surface area contributed by atoms with Crippen LogP contribution in [0.15, 0.2) is 57.5 Å². The van der Waals surface area contributed by atoms with Crippen LogP contribution < -0.4 is 9.47 Å². The minimum absolute atomic E-state index is 0.102. The van der Waals surface area contributed by atoms with Crippen molar-refractivity contribution in [3.63, 3.8) is 0 Å². The fraction of sp³-hybridized carbons (Fsp3) is 0.174. The molecule has 0 spiro atoms. The first-order chi connectivity index (χ1) is 14.7. The first-order valence-corrected chi connectivity index (χ1v) is 11.9. The topological polar surface area (TPSA) is 76.0 Å². The first-order valence-electron chi connectivity index (χ1n) is 9.19. The fourth-order valence-electron chi connectivity index (χ4n) is 3.13. The van der Waals surface area contributed by atoms with E-state index >= 15 is 0 Å². The Morgan fingerprint density at radius 3 is 2.35 bits per heavy atom. The van der Waals surface area contributed by atoms with E-state index in [1.54, 1.807) is 31.4 Å². The summed E-state index contributed by atoms with van der Waals surface area (Å²) < 4.78 is 13.7. The van der Waals surface area contributed by atoms with E-state index in [2.05, 4.69) is 54.5 Å². The molecule has 0 aliphatic heterocycles. The van der Waals surface area contributed by atoms with Gasteiger partial charge in [-0.3, -0.25) is 4.79 Å². The monoisotopic (exact) mass is 660 g/mol. The Morgan fingerprint density at radius 2 is 1.77 bits per heavy atom. The molecule has 0 aliphatic rings. The lowest BCUT2D eigenvalue weighted by Gasteiger charge is -2.20. The van der Waals surface area contributed by atoms with Gasteiger partial charge in [-0.2, -0.15) is 0 Å². The molecular weight excluding hydrogens is 643 g/mol. The molecule has 0 aromatic heterocycles. The van der Waals surface area contributed by atoms with E-state index in [1.807, 2.05) is 31.2 Å². The average molecular weight is 662 g/mol. The van der Waals surface area contributed by atoms with E-state index < -0.39 is 12.1 Å². The lowest BCUT2D eigenvalue weighted by Crippen LogP contribution is -2.05. The second-order valence-corrected chi connectivity index (χ2v) is 9.77. The van der Waals surface area contributed by atoms with Gasteiger partial charge >= 0.3 is 5.97 Å². The summed E-state index contributed by atoms with van der Waals surface area (Å²) in [5.41, 5.74) is 2.96. The molecule has 0 fully saturated rings. The zero-order valence-electron chi connectivity index (χ0n) is 16.7. The van der Waals surface area contributed by atoms with Crippen LogP contribution >= 0.6 is 54.5 Å². The Morgan fingerprint density at radius 1 is 1.10 bits per heavy atom. The van der Waals surface area contributed by atoms with Crippen LogP contribution in [0.4, 0.5) is 0 Å². The summed E-state index contributed by atoms with van der Waals surface area (Å²) in [6.45, 7) is 1.97. The maximum atomic E-state index is 11.1. The van der Waals surface area contributed by atoms with E-state index in [1.165, 1.54) is 0 Å². The highest BCUT2D eigenvalue weighted by Crippen LogP contribution is 2.43. The molecule has 2 N–H and O–H groups in total. The number of aliphatic carboxylic acids is 1. The van der Waals surface area contributed by atoms with Crippen molar-refractivity contribution in [2.24, 2.45) is 0 Å². The van der Waals surface area contributed by atoms with Gasteiger partial charge in [0.25, 0.3) is 0 Å². The predicted octanol–water partition coefficient (Wildman–Crippen LogP) is 6.63. The van der Waals surface area contributed by atoms with E-state index in [4.69, 9.17) is 14.6 Å². The molecule has 5 nitrogen and oxygen atoms in total. The summed E-state index contributed by atoms with van der Waals surface area (Å²) in [7, 11) is 1.58. The lowest BCUT2D eigenvalue weighted by atomic mass is 9.99. The number of carboxylic acids is 1. The van der Waals surface area contributed by atoms with Crippen LogP contribution in [0.25, 0.3) is 0 Å². The molecule has 3 aromatic carbocycles. The van der Waals surface area contributed by atoms with Gasteiger partial charge in [0.05, 0.1) is 26.0 Å². The number of methoxy groups -OCH3 is 1. The molecule has 0 amide bonds. The van der Waals surface area contributed by atoms with Crippen molar-refractivity contribution < 1.29 is 24.5 Å². The van der Waals surface area contributed by atoms with Crippen LogP contribution in [0.3, 0.4) is 0 Å². The summed E-state index contributed by atoms with van der Waals surface area (Å²) in [5, 5.41) is 20.2. The van der Waals surface area contributed by atoms with Gasteiger partial charge in [0.2, 0.25) is 0 Å². The number of carboxylic acid groups (broad SMARTS) is 1. The van der Waals surface area contributed by atoms with Crippen LogP contribution in [-0.4, -0.2) is 23.3 Å². The summed E-state index contributed by atoms with van der Waals surface area (Å²) >= 11 is 9.09. The third-order valence-corrected chi connectivity index (χ3v) is 6.58. The molecule has 0 saturated heterocycles. The SMILES string of the molecule is COc1cc(C(O)c2cccc(C)c2)c(Oc2c(Br)cc(CC(=O)O)cc2Br)cc1I. The minimum atomic E-state index is -0.926. The predicted molar refractivity (Wildman–Crippen MR) is 134 cm³/mol. The Kier molecular flexibility index (Phi) is 8.01. The van der Waals surface area contributed by atoms with Crippen molar-refractivity contribution in [1.82, 2.24) is 0 Å². The molecule has 0 radical (unpaired) electrons. The number of benzene rings is 3. The Hall–Kier alpha value is -1.62. The van der Waals surface area contributed by atoms with Crippen LogP contribution in [-0.2, 0) is 11.2 Å². The number of ether oxygens (including phenoxy) is 2. The van der Waals surface area contributed by atoms with E-state index in [0.717, 1.165) is 14.7 Å². The first kappa shape index (κ1) is 24.0. The summed E-state index contributed by atoms with van der Waals surface area (Å²) in [6, 6.07) is 14.6. The smallest absolute Gasteiger partial charge is 0.307 e. The number of aryl methyl sites for hydroxylation is 1. The normalized spacial score (nSPS) is 11.8. The number of hydrogen-bond donors (Lipinski definition) is 2. The van der Waals surface area contributed by atoms with E-state index in [9.17, 15) is 9.90 Å². The fourth-order valence-corrected chi connectivity index (χ4v) is 5.23. The molecule has 1 atom stereocenters. The van der Waals surface area contributed by atoms with Crippen LogP contribution in [0, 0.1) is 10.5 Å². The average Bonchev–Trinajstić information content (AvgIpc) is 2.70. The Bertz CT molecular complexity index is 1110. The molecule has 0 aliphatic carbocycles. The Labute approximate surface area is 210 Å². The van der Waals surface area contributed by atoms with E-state index in [0.29, 0.717) is 37.3 Å². The van der Waals surface area contributed by atoms with Crippen LogP contribution in [0.1, 0.15) is 28.4 Å². The number of carbonyl (C=O) groups is 1. The molecule has 1 unspecified atom stereocenters. The number of rotatable bonds is 7. The molecule has 31 heavy (non-hydrogen) atoms. The molecule has 0 bridgehead atoms. The molecule has 0 heterocycles. The number of aliphatic hydroxyl groups is 1. The minimum Gasteiger partial charge on any atom is -0.496 e. The maximum Gasteiger partial charge on any atom is 0.307 e. The van der Waals surface area contributed by atoms with Crippen molar-refractivity contribution in [2.45, 2.75) is 19.4 Å². The second kappa shape index (κ2) is 10.3. The van der Waals surface area contributed by atoms with Crippen LogP contribution in [0.5, 0.6) is 17.2 Å².